The van der Waals surface area contributed by atoms with E-state index in [1.165, 1.54) is 11.1 Å². The molecular formula is C24H32Cl2FeN3O2. The third-order valence-corrected chi connectivity index (χ3v) is 4.71. The number of halogens is 2. The van der Waals surface area contributed by atoms with E-state index in [-0.39, 0.29) is 13.1 Å². The molecule has 0 bridgehead atoms. The summed E-state index contributed by atoms with van der Waals surface area (Å²) in [6.45, 7) is 12.4. The van der Waals surface area contributed by atoms with Crippen molar-refractivity contribution >= 4 is 44.0 Å². The van der Waals surface area contributed by atoms with Crippen LogP contribution in [-0.2, 0) is 22.6 Å². The summed E-state index contributed by atoms with van der Waals surface area (Å²) in [5, 5.41) is 4.55. The van der Waals surface area contributed by atoms with Gasteiger partial charge in [0.2, 0.25) is 0 Å². The molecule has 5 nitrogen and oxygen atoms in total. The average molecular weight is 521 g/mol. The van der Waals surface area contributed by atoms with Gasteiger partial charge in [0.05, 0.1) is 11.4 Å². The van der Waals surface area contributed by atoms with Crippen LogP contribution in [0.15, 0.2) is 34.3 Å². The SMILES string of the molecule is COC(C=Nc1c(C)cc(C)cc1C)[N-]C(C=Nc1c(C)cc(C)cc1C)OC.[Cl][Fe+][Cl]. The van der Waals surface area contributed by atoms with Crippen molar-refractivity contribution in [2.75, 3.05) is 14.2 Å². The molecule has 177 valence electrons. The van der Waals surface area contributed by atoms with Crippen LogP contribution in [0.4, 0.5) is 11.4 Å². The Labute approximate surface area is 207 Å². The third kappa shape index (κ3) is 9.32. The van der Waals surface area contributed by atoms with Crippen LogP contribution in [0.5, 0.6) is 0 Å². The molecule has 0 radical (unpaired) electrons. The second-order valence-corrected chi connectivity index (χ2v) is 9.33. The van der Waals surface area contributed by atoms with E-state index in [0.717, 1.165) is 33.6 Å². The van der Waals surface area contributed by atoms with Crippen LogP contribution in [0.25, 0.3) is 5.32 Å². The minimum absolute atomic E-state index is 0.194. The molecule has 2 atom stereocenters. The molecule has 0 aliphatic rings. The fraction of sp³-hybridized carbons (Fsp3) is 0.417. The zero-order valence-electron chi connectivity index (χ0n) is 19.9. The van der Waals surface area contributed by atoms with E-state index < -0.39 is 12.5 Å². The Hall–Kier alpha value is -1.24. The number of rotatable bonds is 8. The summed E-state index contributed by atoms with van der Waals surface area (Å²) in [7, 11) is 12.7. The van der Waals surface area contributed by atoms with Gasteiger partial charge in [-0.15, -0.1) is 0 Å². The van der Waals surface area contributed by atoms with E-state index >= 15 is 0 Å². The van der Waals surface area contributed by atoms with Crippen LogP contribution in [0.3, 0.4) is 0 Å². The first-order valence-electron chi connectivity index (χ1n) is 10.0. The zero-order chi connectivity index (χ0) is 24.3. The third-order valence-electron chi connectivity index (χ3n) is 4.71. The first-order chi connectivity index (χ1) is 15.2. The zero-order valence-corrected chi connectivity index (χ0v) is 22.5. The summed E-state index contributed by atoms with van der Waals surface area (Å²) in [6.07, 6.45) is 2.33. The van der Waals surface area contributed by atoms with Gasteiger partial charge in [0, 0.05) is 39.1 Å². The summed E-state index contributed by atoms with van der Waals surface area (Å²) in [5.41, 5.74) is 8.86. The molecule has 0 aliphatic carbocycles. The monoisotopic (exact) mass is 520 g/mol. The summed E-state index contributed by atoms with van der Waals surface area (Å²) >= 11 is 0.194. The summed E-state index contributed by atoms with van der Waals surface area (Å²) in [5.74, 6) is 0. The van der Waals surface area contributed by atoms with E-state index in [2.05, 4.69) is 81.1 Å². The van der Waals surface area contributed by atoms with Crippen molar-refractivity contribution in [1.82, 2.24) is 0 Å². The van der Waals surface area contributed by atoms with E-state index in [0.29, 0.717) is 0 Å². The number of hydrogen-bond donors (Lipinski definition) is 0. The van der Waals surface area contributed by atoms with E-state index in [1.54, 1.807) is 26.6 Å². The van der Waals surface area contributed by atoms with Crippen molar-refractivity contribution < 1.29 is 22.6 Å². The number of benzene rings is 2. The first kappa shape index (κ1) is 28.8. The van der Waals surface area contributed by atoms with Crippen LogP contribution in [0.2, 0.25) is 0 Å². The predicted molar refractivity (Wildman–Crippen MR) is 134 cm³/mol. The quantitative estimate of drug-likeness (QED) is 0.270. The minimum atomic E-state index is -0.535. The number of nitrogens with zero attached hydrogens (tertiary/aromatic N) is 3. The molecule has 0 aromatic heterocycles. The van der Waals surface area contributed by atoms with Crippen LogP contribution >= 0.6 is 20.2 Å². The van der Waals surface area contributed by atoms with E-state index in [1.807, 2.05) is 0 Å². The van der Waals surface area contributed by atoms with Gasteiger partial charge in [-0.05, 0) is 63.8 Å². The van der Waals surface area contributed by atoms with E-state index in [9.17, 15) is 0 Å². The molecule has 2 aromatic carbocycles. The van der Waals surface area contributed by atoms with Crippen LogP contribution in [-0.4, -0.2) is 39.1 Å². The van der Waals surface area contributed by atoms with Crippen molar-refractivity contribution in [3.05, 3.63) is 63.0 Å². The molecule has 0 spiro atoms. The maximum atomic E-state index is 5.47. The molecule has 32 heavy (non-hydrogen) atoms. The topological polar surface area (TPSA) is 57.3 Å². The van der Waals surface area contributed by atoms with Crippen LogP contribution < -0.4 is 0 Å². The average Bonchev–Trinajstić information content (AvgIpc) is 2.70. The molecular weight excluding hydrogens is 489 g/mol. The van der Waals surface area contributed by atoms with Gasteiger partial charge in [-0.3, -0.25) is 9.98 Å². The molecule has 0 fully saturated rings. The molecule has 2 rings (SSSR count). The van der Waals surface area contributed by atoms with Crippen molar-refractivity contribution in [3.8, 4) is 0 Å². The van der Waals surface area contributed by atoms with Crippen molar-refractivity contribution in [3.63, 3.8) is 0 Å². The summed E-state index contributed by atoms with van der Waals surface area (Å²) in [6, 6.07) is 8.48. The Balaban J connectivity index is 0.00000161. The van der Waals surface area contributed by atoms with Gasteiger partial charge in [-0.25, -0.2) is 0 Å². The number of ether oxygens (including phenoxy) is 2. The van der Waals surface area contributed by atoms with Gasteiger partial charge in [0.25, 0.3) is 0 Å². The number of methoxy groups -OCH3 is 2. The first-order valence-corrected chi connectivity index (χ1v) is 13.0. The molecule has 0 amide bonds. The molecule has 0 saturated carbocycles. The Morgan fingerprint density at radius 1 is 0.719 bits per heavy atom. The molecule has 2 aromatic rings. The number of hydrogen-bond acceptors (Lipinski definition) is 4. The normalized spacial score (nSPS) is 13.3. The Morgan fingerprint density at radius 3 is 1.25 bits per heavy atom. The Morgan fingerprint density at radius 2 is 1.00 bits per heavy atom. The van der Waals surface area contributed by atoms with Crippen molar-refractivity contribution in [1.29, 1.82) is 0 Å². The fourth-order valence-electron chi connectivity index (χ4n) is 3.49. The predicted octanol–water partition coefficient (Wildman–Crippen LogP) is 7.34. The maximum absolute atomic E-state index is 5.47. The van der Waals surface area contributed by atoms with Gasteiger partial charge in [-0.2, -0.15) is 0 Å². The molecule has 0 saturated heterocycles. The van der Waals surface area contributed by atoms with Gasteiger partial charge in [0.1, 0.15) is 0 Å². The Bertz CT molecular complexity index is 816. The van der Waals surface area contributed by atoms with Gasteiger partial charge in [-0.1, -0.05) is 35.4 Å². The van der Waals surface area contributed by atoms with Crippen molar-refractivity contribution in [2.45, 2.75) is 54.0 Å². The summed E-state index contributed by atoms with van der Waals surface area (Å²) in [4.78, 5) is 9.23. The second kappa shape index (κ2) is 14.8. The van der Waals surface area contributed by atoms with Crippen LogP contribution in [0, 0.1) is 41.5 Å². The molecule has 2 unspecified atom stereocenters. The van der Waals surface area contributed by atoms with E-state index in [4.69, 9.17) is 29.7 Å². The molecule has 0 aliphatic heterocycles. The van der Waals surface area contributed by atoms with Gasteiger partial charge >= 0.3 is 33.3 Å². The molecule has 0 N–H and O–H groups in total. The standard InChI is InChI=1S/C24H32N3O2.2ClH.Fe/c1-15-9-17(3)23(18(4)10-15)25-13-21(28-7)27-22(29-8)14-26-24-19(5)11-16(2)12-20(24)6;;;/h9-14,21-22H,1-8H3;2*1H;/q-1;;;+3/p-2. The van der Waals surface area contributed by atoms with Crippen LogP contribution in [0.1, 0.15) is 33.4 Å². The number of aliphatic imine (C=N–C) groups is 2. The Kier molecular flexibility index (Phi) is 13.3. The summed E-state index contributed by atoms with van der Waals surface area (Å²) < 4.78 is 10.9. The number of aryl methyl sites for hydroxylation is 6. The molecule has 8 heteroatoms. The van der Waals surface area contributed by atoms with Gasteiger partial charge < -0.3 is 14.8 Å². The van der Waals surface area contributed by atoms with Crippen molar-refractivity contribution in [2.24, 2.45) is 9.98 Å². The molecule has 0 heterocycles. The van der Waals surface area contributed by atoms with Gasteiger partial charge in [0.15, 0.2) is 0 Å². The fourth-order valence-corrected chi connectivity index (χ4v) is 3.49. The second-order valence-electron chi connectivity index (χ2n) is 7.50.